The van der Waals surface area contributed by atoms with Crippen molar-refractivity contribution < 1.29 is 9.18 Å². The van der Waals surface area contributed by atoms with E-state index < -0.39 is 0 Å². The molecule has 3 N–H and O–H groups in total. The number of urea groups is 1. The summed E-state index contributed by atoms with van der Waals surface area (Å²) in [7, 11) is 0. The first-order chi connectivity index (χ1) is 13.7. The lowest BCUT2D eigenvalue weighted by Crippen LogP contribution is -2.44. The van der Waals surface area contributed by atoms with Crippen LogP contribution in [0.25, 0.3) is 10.9 Å². The smallest absolute Gasteiger partial charge is 0.315 e. The minimum Gasteiger partial charge on any atom is -0.361 e. The van der Waals surface area contributed by atoms with Crippen LogP contribution in [0.2, 0.25) is 0 Å². The fraction of sp³-hybridized carbons (Fsp3) is 0.348. The van der Waals surface area contributed by atoms with Crippen LogP contribution in [-0.4, -0.2) is 23.6 Å². The minimum absolute atomic E-state index is 0.0612. The van der Waals surface area contributed by atoms with E-state index >= 15 is 0 Å². The van der Waals surface area contributed by atoms with Crippen LogP contribution >= 0.6 is 0 Å². The summed E-state index contributed by atoms with van der Waals surface area (Å²) >= 11 is 0. The highest BCUT2D eigenvalue weighted by atomic mass is 19.1. The maximum Gasteiger partial charge on any atom is 0.315 e. The normalized spacial score (nSPS) is 16.0. The molecule has 28 heavy (non-hydrogen) atoms. The molecule has 2 aromatic carbocycles. The number of para-hydroxylation sites is 1. The van der Waals surface area contributed by atoms with Crippen molar-refractivity contribution >= 4 is 16.9 Å². The Morgan fingerprint density at radius 3 is 2.61 bits per heavy atom. The van der Waals surface area contributed by atoms with Gasteiger partial charge in [-0.25, -0.2) is 9.18 Å². The highest BCUT2D eigenvalue weighted by Crippen LogP contribution is 2.30. The summed E-state index contributed by atoms with van der Waals surface area (Å²) in [6.07, 6.45) is 7.71. The third kappa shape index (κ3) is 4.19. The number of nitrogens with one attached hydrogen (secondary N) is 3. The maximum absolute atomic E-state index is 13.4. The van der Waals surface area contributed by atoms with Crippen LogP contribution in [0.15, 0.2) is 54.7 Å². The molecule has 1 atom stereocenters. The Labute approximate surface area is 164 Å². The predicted molar refractivity (Wildman–Crippen MR) is 110 cm³/mol. The summed E-state index contributed by atoms with van der Waals surface area (Å²) in [5, 5.41) is 7.25. The van der Waals surface area contributed by atoms with E-state index in [1.807, 2.05) is 24.4 Å². The molecule has 0 aliphatic heterocycles. The zero-order valence-electron chi connectivity index (χ0n) is 15.9. The van der Waals surface area contributed by atoms with E-state index in [1.165, 1.54) is 31.4 Å². The fourth-order valence-corrected chi connectivity index (χ4v) is 4.16. The van der Waals surface area contributed by atoms with Gasteiger partial charge in [0.05, 0.1) is 0 Å². The number of benzene rings is 2. The van der Waals surface area contributed by atoms with E-state index in [4.69, 9.17) is 0 Å². The van der Waals surface area contributed by atoms with E-state index in [1.54, 1.807) is 12.1 Å². The third-order valence-electron chi connectivity index (χ3n) is 5.68. The SMILES string of the molecule is O=C(NC[C@H](c1ccc(F)cc1)c1c[nH]c2ccccc12)NC1CCCCC1. The van der Waals surface area contributed by atoms with Crippen molar-refractivity contribution in [2.45, 2.75) is 44.1 Å². The Kier molecular flexibility index (Phi) is 5.60. The van der Waals surface area contributed by atoms with Crippen molar-refractivity contribution in [2.24, 2.45) is 0 Å². The number of carbonyl (C=O) groups is 1. The number of rotatable bonds is 5. The molecule has 1 aliphatic carbocycles. The molecule has 4 rings (SSSR count). The van der Waals surface area contributed by atoms with Gasteiger partial charge >= 0.3 is 6.03 Å². The molecular formula is C23H26FN3O. The van der Waals surface area contributed by atoms with Crippen molar-refractivity contribution in [1.29, 1.82) is 0 Å². The van der Waals surface area contributed by atoms with Crippen LogP contribution in [0.1, 0.15) is 49.1 Å². The molecule has 0 unspecified atom stereocenters. The number of amides is 2. The standard InChI is InChI=1S/C23H26FN3O/c24-17-12-10-16(11-13-17)20(21-15-25-22-9-5-4-8-19(21)22)14-26-23(28)27-18-6-2-1-3-7-18/h4-5,8-13,15,18,20,25H,1-3,6-7,14H2,(H2,26,27,28)/t20-/m1/s1. The van der Waals surface area contributed by atoms with Crippen molar-refractivity contribution in [3.8, 4) is 0 Å². The number of aromatic nitrogens is 1. The number of hydrogen-bond donors (Lipinski definition) is 3. The Bertz CT molecular complexity index is 928. The van der Waals surface area contributed by atoms with Crippen LogP contribution in [0, 0.1) is 5.82 Å². The molecule has 0 spiro atoms. The number of carbonyl (C=O) groups excluding carboxylic acids is 1. The molecule has 0 bridgehead atoms. The van der Waals surface area contributed by atoms with Crippen molar-refractivity contribution in [1.82, 2.24) is 15.6 Å². The number of fused-ring (bicyclic) bond motifs is 1. The molecule has 146 valence electrons. The van der Waals surface area contributed by atoms with Gasteiger partial charge in [0.25, 0.3) is 0 Å². The van der Waals surface area contributed by atoms with E-state index in [-0.39, 0.29) is 23.8 Å². The van der Waals surface area contributed by atoms with Gasteiger partial charge in [0.1, 0.15) is 5.82 Å². The molecule has 1 aliphatic rings. The van der Waals surface area contributed by atoms with Gasteiger partial charge < -0.3 is 15.6 Å². The van der Waals surface area contributed by atoms with Crippen LogP contribution in [-0.2, 0) is 0 Å². The second-order valence-corrected chi connectivity index (χ2v) is 7.58. The van der Waals surface area contributed by atoms with Gasteiger partial charge in [-0.1, -0.05) is 49.6 Å². The van der Waals surface area contributed by atoms with Crippen molar-refractivity contribution in [2.75, 3.05) is 6.54 Å². The number of hydrogen-bond acceptors (Lipinski definition) is 1. The molecule has 1 fully saturated rings. The Balaban J connectivity index is 1.53. The fourth-order valence-electron chi connectivity index (χ4n) is 4.16. The molecule has 1 heterocycles. The Morgan fingerprint density at radius 1 is 1.07 bits per heavy atom. The van der Waals surface area contributed by atoms with Crippen LogP contribution in [0.3, 0.4) is 0 Å². The molecule has 5 heteroatoms. The maximum atomic E-state index is 13.4. The first-order valence-corrected chi connectivity index (χ1v) is 10.1. The van der Waals surface area contributed by atoms with Crippen LogP contribution < -0.4 is 10.6 Å². The lowest BCUT2D eigenvalue weighted by atomic mass is 9.91. The summed E-state index contributed by atoms with van der Waals surface area (Å²) < 4.78 is 13.4. The first kappa shape index (κ1) is 18.5. The highest BCUT2D eigenvalue weighted by Gasteiger charge is 2.20. The van der Waals surface area contributed by atoms with Gasteiger partial charge in [-0.2, -0.15) is 0 Å². The molecule has 0 radical (unpaired) electrons. The summed E-state index contributed by atoms with van der Waals surface area (Å²) in [6.45, 7) is 0.450. The Morgan fingerprint density at radius 2 is 1.82 bits per heavy atom. The van der Waals surface area contributed by atoms with Gasteiger partial charge in [0.15, 0.2) is 0 Å². The summed E-state index contributed by atoms with van der Waals surface area (Å²) in [5.41, 5.74) is 3.13. The third-order valence-corrected chi connectivity index (χ3v) is 5.68. The van der Waals surface area contributed by atoms with Gasteiger partial charge in [0, 0.05) is 35.6 Å². The summed E-state index contributed by atoms with van der Waals surface area (Å²) in [6, 6.07) is 14.8. The largest absolute Gasteiger partial charge is 0.361 e. The number of halogens is 1. The zero-order chi connectivity index (χ0) is 19.3. The molecule has 3 aromatic rings. The summed E-state index contributed by atoms with van der Waals surface area (Å²) in [5.74, 6) is -0.321. The lowest BCUT2D eigenvalue weighted by molar-refractivity contribution is 0.232. The van der Waals surface area contributed by atoms with E-state index in [0.717, 1.165) is 34.9 Å². The molecule has 4 nitrogen and oxygen atoms in total. The minimum atomic E-state index is -0.260. The van der Waals surface area contributed by atoms with Gasteiger partial charge in [0.2, 0.25) is 0 Å². The van der Waals surface area contributed by atoms with Crippen molar-refractivity contribution in [3.63, 3.8) is 0 Å². The molecule has 1 saturated carbocycles. The van der Waals surface area contributed by atoms with Gasteiger partial charge in [-0.3, -0.25) is 0 Å². The molecule has 2 amide bonds. The highest BCUT2D eigenvalue weighted by molar-refractivity contribution is 5.84. The lowest BCUT2D eigenvalue weighted by Gasteiger charge is -2.24. The average Bonchev–Trinajstić information content (AvgIpc) is 3.14. The topological polar surface area (TPSA) is 56.9 Å². The van der Waals surface area contributed by atoms with Crippen LogP contribution in [0.5, 0.6) is 0 Å². The van der Waals surface area contributed by atoms with Gasteiger partial charge in [-0.05, 0) is 42.2 Å². The summed E-state index contributed by atoms with van der Waals surface area (Å²) in [4.78, 5) is 15.7. The number of aromatic amines is 1. The molecular weight excluding hydrogens is 353 g/mol. The Hall–Kier alpha value is -2.82. The monoisotopic (exact) mass is 379 g/mol. The molecule has 1 aromatic heterocycles. The zero-order valence-corrected chi connectivity index (χ0v) is 15.9. The van der Waals surface area contributed by atoms with Crippen molar-refractivity contribution in [3.05, 3.63) is 71.7 Å². The second kappa shape index (κ2) is 8.46. The van der Waals surface area contributed by atoms with E-state index in [2.05, 4.69) is 21.7 Å². The quantitative estimate of drug-likeness (QED) is 0.569. The first-order valence-electron chi connectivity index (χ1n) is 10.1. The predicted octanol–water partition coefficient (Wildman–Crippen LogP) is 5.07. The van der Waals surface area contributed by atoms with E-state index in [0.29, 0.717) is 6.54 Å². The average molecular weight is 379 g/mol. The van der Waals surface area contributed by atoms with Gasteiger partial charge in [-0.15, -0.1) is 0 Å². The van der Waals surface area contributed by atoms with E-state index in [9.17, 15) is 9.18 Å². The van der Waals surface area contributed by atoms with Crippen LogP contribution in [0.4, 0.5) is 9.18 Å². The second-order valence-electron chi connectivity index (χ2n) is 7.58. The number of H-pyrrole nitrogens is 1. The molecule has 0 saturated heterocycles.